The Morgan fingerprint density at radius 3 is 2.27 bits per heavy atom. The molecule has 0 spiro atoms. The van der Waals surface area contributed by atoms with Crippen LogP contribution in [0.1, 0.15) is 64.8 Å². The first-order chi connectivity index (χ1) is 14.2. The molecule has 30 heavy (non-hydrogen) atoms. The number of benzene rings is 1. The zero-order valence-corrected chi connectivity index (χ0v) is 18.9. The molecule has 0 aliphatic carbocycles. The first kappa shape index (κ1) is 23.6. The lowest BCUT2D eigenvalue weighted by Crippen LogP contribution is -2.31. The maximum atomic E-state index is 12.5. The summed E-state index contributed by atoms with van der Waals surface area (Å²) in [7, 11) is 1.57. The van der Waals surface area contributed by atoms with Gasteiger partial charge in [-0.15, -0.1) is 11.3 Å². The molecule has 7 heteroatoms. The van der Waals surface area contributed by atoms with Crippen LogP contribution in [-0.2, 0) is 14.3 Å². The molecule has 0 aliphatic rings. The van der Waals surface area contributed by atoms with Gasteiger partial charge in [-0.25, -0.2) is 0 Å². The molecule has 1 N–H and O–H groups in total. The number of aryl methyl sites for hydroxylation is 2. The van der Waals surface area contributed by atoms with Crippen LogP contribution in [0.4, 0.5) is 0 Å². The van der Waals surface area contributed by atoms with Crippen molar-refractivity contribution in [3.05, 3.63) is 51.2 Å². The number of carbonyl (C=O) groups excluding carboxylic acids is 3. The number of thiophene rings is 1. The molecule has 2 rings (SSSR count). The number of amides is 1. The van der Waals surface area contributed by atoms with Crippen molar-refractivity contribution in [3.63, 3.8) is 0 Å². The van der Waals surface area contributed by atoms with Gasteiger partial charge in [0.1, 0.15) is 5.75 Å². The highest BCUT2D eigenvalue weighted by atomic mass is 32.1. The Balaban J connectivity index is 2.04. The van der Waals surface area contributed by atoms with Crippen LogP contribution in [-0.4, -0.2) is 30.9 Å². The Kier molecular flexibility index (Phi) is 8.59. The van der Waals surface area contributed by atoms with E-state index in [-0.39, 0.29) is 37.1 Å². The standard InChI is InChI=1S/C23H29NO5S/c1-14(2)29-23(27)13-20(17-6-8-18(28-5)9-7-17)24-22(26)11-10-21(25)19-12-15(3)30-16(19)4/h6-9,12,14,20H,10-11,13H2,1-5H3,(H,24,26)/t20-/m0/s1. The zero-order chi connectivity index (χ0) is 22.3. The van der Waals surface area contributed by atoms with E-state index in [1.54, 1.807) is 56.6 Å². The highest BCUT2D eigenvalue weighted by Crippen LogP contribution is 2.23. The predicted octanol–water partition coefficient (Wildman–Crippen LogP) is 4.54. The van der Waals surface area contributed by atoms with Crippen molar-refractivity contribution in [2.45, 2.75) is 59.1 Å². The number of hydrogen-bond acceptors (Lipinski definition) is 6. The van der Waals surface area contributed by atoms with Crippen LogP contribution < -0.4 is 10.1 Å². The van der Waals surface area contributed by atoms with E-state index in [9.17, 15) is 14.4 Å². The van der Waals surface area contributed by atoms with Crippen molar-refractivity contribution in [2.24, 2.45) is 0 Å². The molecular weight excluding hydrogens is 402 g/mol. The molecule has 1 aromatic carbocycles. The summed E-state index contributed by atoms with van der Waals surface area (Å²) in [5.74, 6) is -0.0505. The molecule has 0 saturated heterocycles. The molecule has 1 aromatic heterocycles. The largest absolute Gasteiger partial charge is 0.497 e. The topological polar surface area (TPSA) is 81.7 Å². The number of nitrogens with one attached hydrogen (secondary N) is 1. The van der Waals surface area contributed by atoms with Crippen LogP contribution in [0.2, 0.25) is 0 Å². The molecule has 0 saturated carbocycles. The lowest BCUT2D eigenvalue weighted by molar-refractivity contribution is -0.148. The van der Waals surface area contributed by atoms with Crippen molar-refractivity contribution in [1.29, 1.82) is 0 Å². The minimum absolute atomic E-state index is 0.00697. The first-order valence-corrected chi connectivity index (χ1v) is 10.7. The van der Waals surface area contributed by atoms with Crippen LogP contribution >= 0.6 is 11.3 Å². The van der Waals surface area contributed by atoms with Gasteiger partial charge >= 0.3 is 5.97 Å². The van der Waals surface area contributed by atoms with Gasteiger partial charge < -0.3 is 14.8 Å². The molecule has 2 aromatic rings. The second-order valence-electron chi connectivity index (χ2n) is 7.39. The van der Waals surface area contributed by atoms with Crippen LogP contribution in [0.3, 0.4) is 0 Å². The fourth-order valence-corrected chi connectivity index (χ4v) is 4.04. The van der Waals surface area contributed by atoms with Crippen molar-refractivity contribution >= 4 is 29.0 Å². The fraction of sp³-hybridized carbons (Fsp3) is 0.435. The molecule has 0 radical (unpaired) electrons. The molecule has 162 valence electrons. The SMILES string of the molecule is COc1ccc([C@H](CC(=O)OC(C)C)NC(=O)CCC(=O)c2cc(C)sc2C)cc1. The Labute approximate surface area is 181 Å². The average Bonchev–Trinajstić information content (AvgIpc) is 3.03. The van der Waals surface area contributed by atoms with Gasteiger partial charge in [0.2, 0.25) is 5.91 Å². The second kappa shape index (κ2) is 10.9. The third kappa shape index (κ3) is 6.99. The molecule has 0 bridgehead atoms. The third-order valence-corrected chi connectivity index (χ3v) is 5.48. The number of carbonyl (C=O) groups is 3. The Morgan fingerprint density at radius 2 is 1.73 bits per heavy atom. The molecule has 0 fully saturated rings. The summed E-state index contributed by atoms with van der Waals surface area (Å²) >= 11 is 1.57. The number of ketones is 1. The van der Waals surface area contributed by atoms with Gasteiger partial charge in [0.15, 0.2) is 5.78 Å². The Morgan fingerprint density at radius 1 is 1.07 bits per heavy atom. The minimum atomic E-state index is -0.546. The van der Waals surface area contributed by atoms with Crippen LogP contribution in [0.25, 0.3) is 0 Å². The molecular formula is C23H29NO5S. The van der Waals surface area contributed by atoms with Gasteiger partial charge in [-0.2, -0.15) is 0 Å². The first-order valence-electron chi connectivity index (χ1n) is 9.92. The maximum Gasteiger partial charge on any atom is 0.308 e. The van der Waals surface area contributed by atoms with E-state index in [0.717, 1.165) is 15.3 Å². The summed E-state index contributed by atoms with van der Waals surface area (Å²) < 4.78 is 10.4. The summed E-state index contributed by atoms with van der Waals surface area (Å²) in [6, 6.07) is 8.46. The van der Waals surface area contributed by atoms with Gasteiger partial charge in [0.05, 0.1) is 25.7 Å². The van der Waals surface area contributed by atoms with Crippen molar-refractivity contribution in [1.82, 2.24) is 5.32 Å². The van der Waals surface area contributed by atoms with Gasteiger partial charge in [0, 0.05) is 28.2 Å². The van der Waals surface area contributed by atoms with E-state index in [2.05, 4.69) is 5.32 Å². The molecule has 1 heterocycles. The lowest BCUT2D eigenvalue weighted by Gasteiger charge is -2.20. The molecule has 1 amide bonds. The van der Waals surface area contributed by atoms with E-state index in [4.69, 9.17) is 9.47 Å². The van der Waals surface area contributed by atoms with Crippen molar-refractivity contribution in [3.8, 4) is 5.75 Å². The Hall–Kier alpha value is -2.67. The van der Waals surface area contributed by atoms with Crippen LogP contribution in [0, 0.1) is 13.8 Å². The second-order valence-corrected chi connectivity index (χ2v) is 8.85. The summed E-state index contributed by atoms with van der Waals surface area (Å²) in [5.41, 5.74) is 1.44. The normalized spacial score (nSPS) is 11.8. The third-order valence-electron chi connectivity index (χ3n) is 4.51. The lowest BCUT2D eigenvalue weighted by atomic mass is 10.0. The fourth-order valence-electron chi connectivity index (χ4n) is 3.10. The van der Waals surface area contributed by atoms with Crippen molar-refractivity contribution in [2.75, 3.05) is 7.11 Å². The van der Waals surface area contributed by atoms with E-state index in [1.807, 2.05) is 19.9 Å². The number of ether oxygens (including phenoxy) is 2. The molecule has 0 unspecified atom stereocenters. The number of rotatable bonds is 10. The van der Waals surface area contributed by atoms with E-state index >= 15 is 0 Å². The van der Waals surface area contributed by atoms with Gasteiger partial charge in [-0.05, 0) is 51.5 Å². The summed E-state index contributed by atoms with van der Waals surface area (Å²) in [6.07, 6.45) is -0.0552. The maximum absolute atomic E-state index is 12.5. The number of methoxy groups -OCH3 is 1. The van der Waals surface area contributed by atoms with Crippen LogP contribution in [0.5, 0.6) is 5.75 Å². The zero-order valence-electron chi connectivity index (χ0n) is 18.1. The van der Waals surface area contributed by atoms with Gasteiger partial charge in [0.25, 0.3) is 0 Å². The summed E-state index contributed by atoms with van der Waals surface area (Å²) in [5, 5.41) is 2.87. The van der Waals surface area contributed by atoms with E-state index in [0.29, 0.717) is 11.3 Å². The van der Waals surface area contributed by atoms with Gasteiger partial charge in [-0.3, -0.25) is 14.4 Å². The van der Waals surface area contributed by atoms with E-state index in [1.165, 1.54) is 0 Å². The van der Waals surface area contributed by atoms with Gasteiger partial charge in [-0.1, -0.05) is 12.1 Å². The monoisotopic (exact) mass is 431 g/mol. The number of esters is 1. The minimum Gasteiger partial charge on any atom is -0.497 e. The van der Waals surface area contributed by atoms with E-state index < -0.39 is 12.0 Å². The number of hydrogen-bond donors (Lipinski definition) is 1. The van der Waals surface area contributed by atoms with Crippen LogP contribution in [0.15, 0.2) is 30.3 Å². The average molecular weight is 432 g/mol. The van der Waals surface area contributed by atoms with Crippen molar-refractivity contribution < 1.29 is 23.9 Å². The predicted molar refractivity (Wildman–Crippen MR) is 117 cm³/mol. The Bertz CT molecular complexity index is 885. The quantitative estimate of drug-likeness (QED) is 0.441. The molecule has 1 atom stereocenters. The summed E-state index contributed by atoms with van der Waals surface area (Å²) in [6.45, 7) is 7.42. The summed E-state index contributed by atoms with van der Waals surface area (Å²) in [4.78, 5) is 39.2. The molecule has 6 nitrogen and oxygen atoms in total. The molecule has 0 aliphatic heterocycles. The smallest absolute Gasteiger partial charge is 0.308 e. The highest BCUT2D eigenvalue weighted by molar-refractivity contribution is 7.12. The highest BCUT2D eigenvalue weighted by Gasteiger charge is 2.21. The number of Topliss-reactive ketones (excluding diaryl/α,β-unsaturated/α-hetero) is 1.